The van der Waals surface area contributed by atoms with Gasteiger partial charge in [-0.1, -0.05) is 32.1 Å². The second-order valence-electron chi connectivity index (χ2n) is 6.69. The number of guanidine groups is 1. The first-order chi connectivity index (χ1) is 10.8. The number of hydrogen-bond donors (Lipinski definition) is 2. The third-order valence-electron chi connectivity index (χ3n) is 5.08. The molecule has 0 saturated heterocycles. The highest BCUT2D eigenvalue weighted by Crippen LogP contribution is 2.44. The fourth-order valence-electron chi connectivity index (χ4n) is 3.68. The van der Waals surface area contributed by atoms with Crippen LogP contribution >= 0.6 is 24.0 Å². The summed E-state index contributed by atoms with van der Waals surface area (Å²) in [6.07, 6.45) is 10.3. The number of halogens is 1. The fourth-order valence-corrected chi connectivity index (χ4v) is 3.68. The number of aliphatic imine (C=N–C) groups is 1. The van der Waals surface area contributed by atoms with Gasteiger partial charge >= 0.3 is 0 Å². The molecule has 0 aliphatic heterocycles. The topological polar surface area (TPSA) is 54.2 Å². The van der Waals surface area contributed by atoms with Gasteiger partial charge in [0, 0.05) is 25.8 Å². The second-order valence-corrected chi connectivity index (χ2v) is 6.69. The molecule has 23 heavy (non-hydrogen) atoms. The Morgan fingerprint density at radius 1 is 1.35 bits per heavy atom. The molecule has 2 fully saturated rings. The molecule has 1 heterocycles. The second kappa shape index (κ2) is 8.89. The predicted octanol–water partition coefficient (Wildman–Crippen LogP) is 3.06. The molecular weight excluding hydrogens is 401 g/mol. The van der Waals surface area contributed by atoms with E-state index < -0.39 is 0 Å². The number of nitrogens with zero attached hydrogens (tertiary/aromatic N) is 3. The maximum atomic E-state index is 4.71. The van der Waals surface area contributed by atoms with Gasteiger partial charge in [0.25, 0.3) is 0 Å². The summed E-state index contributed by atoms with van der Waals surface area (Å²) in [7, 11) is 1.96. The van der Waals surface area contributed by atoms with Gasteiger partial charge in [-0.3, -0.25) is 4.68 Å². The van der Waals surface area contributed by atoms with Crippen LogP contribution in [0.5, 0.6) is 0 Å². The average molecular weight is 431 g/mol. The first-order valence-corrected chi connectivity index (χ1v) is 8.79. The summed E-state index contributed by atoms with van der Waals surface area (Å²) < 4.78 is 1.88. The van der Waals surface area contributed by atoms with E-state index in [1.54, 1.807) is 0 Å². The highest BCUT2D eigenvalue weighted by molar-refractivity contribution is 14.0. The molecule has 2 atom stereocenters. The number of hydrogen-bond acceptors (Lipinski definition) is 2. The van der Waals surface area contributed by atoms with Gasteiger partial charge < -0.3 is 10.6 Å². The standard InChI is InChI=1S/C17H29N5.HI/c1-3-18-17(19-12-14-9-10-20-22(14)2)21-16-11-15(16)13-7-5-4-6-8-13;/h9-10,13,15-16H,3-8,11-12H2,1-2H3,(H2,18,19,21);1H. The van der Waals surface area contributed by atoms with Gasteiger partial charge in [-0.15, -0.1) is 24.0 Å². The number of aryl methyl sites for hydroxylation is 1. The van der Waals surface area contributed by atoms with Crippen molar-refractivity contribution in [2.75, 3.05) is 6.54 Å². The zero-order chi connectivity index (χ0) is 15.4. The summed E-state index contributed by atoms with van der Waals surface area (Å²) in [5, 5.41) is 11.2. The van der Waals surface area contributed by atoms with Crippen molar-refractivity contribution in [3.63, 3.8) is 0 Å². The monoisotopic (exact) mass is 431 g/mol. The molecule has 2 unspecified atom stereocenters. The van der Waals surface area contributed by atoms with Gasteiger partial charge in [-0.25, -0.2) is 4.99 Å². The smallest absolute Gasteiger partial charge is 0.191 e. The number of nitrogens with one attached hydrogen (secondary N) is 2. The van der Waals surface area contributed by atoms with E-state index in [0.29, 0.717) is 12.6 Å². The van der Waals surface area contributed by atoms with E-state index in [9.17, 15) is 0 Å². The number of rotatable bonds is 5. The van der Waals surface area contributed by atoms with Crippen LogP contribution < -0.4 is 10.6 Å². The molecule has 0 radical (unpaired) electrons. The first-order valence-electron chi connectivity index (χ1n) is 8.79. The fraction of sp³-hybridized carbons (Fsp3) is 0.765. The first kappa shape index (κ1) is 18.5. The van der Waals surface area contributed by atoms with E-state index in [4.69, 9.17) is 4.99 Å². The van der Waals surface area contributed by atoms with Gasteiger partial charge in [-0.05, 0) is 31.2 Å². The molecule has 2 saturated carbocycles. The van der Waals surface area contributed by atoms with E-state index in [0.717, 1.165) is 30.0 Å². The Hall–Kier alpha value is -0.790. The summed E-state index contributed by atoms with van der Waals surface area (Å²) in [4.78, 5) is 4.71. The largest absolute Gasteiger partial charge is 0.357 e. The van der Waals surface area contributed by atoms with E-state index in [1.165, 1.54) is 38.5 Å². The van der Waals surface area contributed by atoms with Gasteiger partial charge in [-0.2, -0.15) is 5.10 Å². The third kappa shape index (κ3) is 5.09. The Labute approximate surface area is 156 Å². The molecule has 0 bridgehead atoms. The normalized spacial score (nSPS) is 24.9. The van der Waals surface area contributed by atoms with E-state index >= 15 is 0 Å². The summed E-state index contributed by atoms with van der Waals surface area (Å²) in [5.74, 6) is 2.78. The zero-order valence-corrected chi connectivity index (χ0v) is 16.6. The summed E-state index contributed by atoms with van der Waals surface area (Å²) >= 11 is 0. The van der Waals surface area contributed by atoms with Crippen molar-refractivity contribution in [3.8, 4) is 0 Å². The predicted molar refractivity (Wildman–Crippen MR) is 105 cm³/mol. The van der Waals surface area contributed by atoms with Gasteiger partial charge in [0.05, 0.1) is 12.2 Å². The van der Waals surface area contributed by atoms with Crippen LogP contribution in [0.25, 0.3) is 0 Å². The lowest BCUT2D eigenvalue weighted by atomic mass is 9.85. The van der Waals surface area contributed by atoms with Crippen molar-refractivity contribution >= 4 is 29.9 Å². The Balaban J connectivity index is 0.00000192. The SMILES string of the molecule is CCNC(=NCc1ccnn1C)NC1CC1C1CCCCC1.I. The molecule has 2 N–H and O–H groups in total. The highest BCUT2D eigenvalue weighted by Gasteiger charge is 2.43. The van der Waals surface area contributed by atoms with Crippen molar-refractivity contribution in [2.45, 2.75) is 58.0 Å². The molecule has 6 heteroatoms. The van der Waals surface area contributed by atoms with Crippen LogP contribution in [0.15, 0.2) is 17.3 Å². The molecule has 0 aromatic carbocycles. The van der Waals surface area contributed by atoms with Crippen molar-refractivity contribution in [1.82, 2.24) is 20.4 Å². The Kier molecular flexibility index (Phi) is 7.17. The minimum Gasteiger partial charge on any atom is -0.357 e. The molecule has 1 aromatic heterocycles. The molecular formula is C17H30IN5. The van der Waals surface area contributed by atoms with Crippen molar-refractivity contribution in [3.05, 3.63) is 18.0 Å². The van der Waals surface area contributed by atoms with Crippen molar-refractivity contribution in [2.24, 2.45) is 23.9 Å². The summed E-state index contributed by atoms with van der Waals surface area (Å²) in [6, 6.07) is 2.65. The molecule has 0 amide bonds. The summed E-state index contributed by atoms with van der Waals surface area (Å²) in [6.45, 7) is 3.69. The van der Waals surface area contributed by atoms with E-state index in [2.05, 4.69) is 22.7 Å². The molecule has 0 spiro atoms. The van der Waals surface area contributed by atoms with Gasteiger partial charge in [0.15, 0.2) is 5.96 Å². The van der Waals surface area contributed by atoms with Crippen LogP contribution in [0, 0.1) is 11.8 Å². The van der Waals surface area contributed by atoms with Crippen LogP contribution in [0.4, 0.5) is 0 Å². The Morgan fingerprint density at radius 2 is 2.13 bits per heavy atom. The number of aromatic nitrogens is 2. The van der Waals surface area contributed by atoms with Crippen LogP contribution in [0.1, 0.15) is 51.1 Å². The van der Waals surface area contributed by atoms with Gasteiger partial charge in [0.2, 0.25) is 0 Å². The van der Waals surface area contributed by atoms with Crippen molar-refractivity contribution < 1.29 is 0 Å². The van der Waals surface area contributed by atoms with Crippen LogP contribution in [-0.2, 0) is 13.6 Å². The van der Waals surface area contributed by atoms with Gasteiger partial charge in [0.1, 0.15) is 0 Å². The molecule has 3 rings (SSSR count). The summed E-state index contributed by atoms with van der Waals surface area (Å²) in [5.41, 5.74) is 1.14. The average Bonchev–Trinajstić information content (AvgIpc) is 3.19. The maximum Gasteiger partial charge on any atom is 0.191 e. The Bertz CT molecular complexity index is 507. The Morgan fingerprint density at radius 3 is 2.78 bits per heavy atom. The lowest BCUT2D eigenvalue weighted by Crippen LogP contribution is -2.39. The molecule has 5 nitrogen and oxygen atoms in total. The minimum absolute atomic E-state index is 0. The maximum absolute atomic E-state index is 4.71. The highest BCUT2D eigenvalue weighted by atomic mass is 127. The zero-order valence-electron chi connectivity index (χ0n) is 14.3. The molecule has 2 aliphatic rings. The van der Waals surface area contributed by atoms with Crippen LogP contribution in [-0.4, -0.2) is 28.3 Å². The molecule has 2 aliphatic carbocycles. The molecule has 1 aromatic rings. The van der Waals surface area contributed by atoms with Crippen LogP contribution in [0.3, 0.4) is 0 Å². The lowest BCUT2D eigenvalue weighted by molar-refractivity contribution is 0.315. The van der Waals surface area contributed by atoms with Crippen LogP contribution in [0.2, 0.25) is 0 Å². The van der Waals surface area contributed by atoms with Crippen molar-refractivity contribution in [1.29, 1.82) is 0 Å². The lowest BCUT2D eigenvalue weighted by Gasteiger charge is -2.22. The minimum atomic E-state index is 0. The van der Waals surface area contributed by atoms with E-state index in [-0.39, 0.29) is 24.0 Å². The third-order valence-corrected chi connectivity index (χ3v) is 5.08. The quantitative estimate of drug-likeness (QED) is 0.428. The van der Waals surface area contributed by atoms with E-state index in [1.807, 2.05) is 24.0 Å². The molecule has 130 valence electrons.